The van der Waals surface area contributed by atoms with E-state index in [1.807, 2.05) is 29.8 Å². The van der Waals surface area contributed by atoms with E-state index in [0.717, 1.165) is 36.0 Å². The van der Waals surface area contributed by atoms with E-state index < -0.39 is 0 Å². The maximum atomic E-state index is 4.63. The van der Waals surface area contributed by atoms with Crippen molar-refractivity contribution in [3.63, 3.8) is 0 Å². The van der Waals surface area contributed by atoms with Crippen LogP contribution in [0.5, 0.6) is 0 Å². The predicted octanol–water partition coefficient (Wildman–Crippen LogP) is 2.30. The van der Waals surface area contributed by atoms with Crippen molar-refractivity contribution in [2.24, 2.45) is 0 Å². The number of hydrogen-bond acceptors (Lipinski definition) is 3. The Labute approximate surface area is 108 Å². The lowest BCUT2D eigenvalue weighted by Crippen LogP contribution is -2.14. The van der Waals surface area contributed by atoms with E-state index in [1.165, 1.54) is 5.56 Å². The summed E-state index contributed by atoms with van der Waals surface area (Å²) < 4.78 is 1.92. The van der Waals surface area contributed by atoms with Gasteiger partial charge in [-0.05, 0) is 45.0 Å². The average Bonchev–Trinajstić information content (AvgIpc) is 2.64. The first-order valence-electron chi connectivity index (χ1n) is 6.33. The smallest absolute Gasteiger partial charge is 0.153 e. The van der Waals surface area contributed by atoms with Gasteiger partial charge in [-0.25, -0.2) is 9.67 Å². The quantitative estimate of drug-likeness (QED) is 0.897. The van der Waals surface area contributed by atoms with Crippen molar-refractivity contribution in [3.8, 4) is 5.82 Å². The lowest BCUT2D eigenvalue weighted by Gasteiger charge is -2.06. The van der Waals surface area contributed by atoms with Crippen LogP contribution >= 0.6 is 0 Å². The van der Waals surface area contributed by atoms with Crippen molar-refractivity contribution in [2.45, 2.75) is 34.2 Å². The summed E-state index contributed by atoms with van der Waals surface area (Å²) in [6.45, 7) is 10.0. The molecule has 0 aliphatic carbocycles. The zero-order chi connectivity index (χ0) is 13.1. The zero-order valence-corrected chi connectivity index (χ0v) is 11.5. The maximum Gasteiger partial charge on any atom is 0.153 e. The zero-order valence-electron chi connectivity index (χ0n) is 11.5. The van der Waals surface area contributed by atoms with Crippen molar-refractivity contribution >= 4 is 0 Å². The van der Waals surface area contributed by atoms with Gasteiger partial charge in [0.05, 0.1) is 11.4 Å². The minimum Gasteiger partial charge on any atom is -0.311 e. The number of hydrogen-bond donors (Lipinski definition) is 1. The Hall–Kier alpha value is -1.68. The highest BCUT2D eigenvalue weighted by atomic mass is 15.3. The van der Waals surface area contributed by atoms with Crippen LogP contribution in [0.2, 0.25) is 0 Å². The van der Waals surface area contributed by atoms with Gasteiger partial charge in [-0.15, -0.1) is 0 Å². The number of aromatic nitrogens is 3. The highest BCUT2D eigenvalue weighted by Crippen LogP contribution is 2.15. The van der Waals surface area contributed by atoms with Gasteiger partial charge in [0.15, 0.2) is 5.82 Å². The molecule has 2 aromatic heterocycles. The summed E-state index contributed by atoms with van der Waals surface area (Å²) in [5, 5.41) is 7.82. The largest absolute Gasteiger partial charge is 0.311 e. The molecule has 0 saturated carbocycles. The fraction of sp³-hybridized carbons (Fsp3) is 0.429. The molecule has 2 heterocycles. The number of nitrogens with one attached hydrogen (secondary N) is 1. The van der Waals surface area contributed by atoms with Crippen molar-refractivity contribution in [2.75, 3.05) is 6.54 Å². The molecule has 0 amide bonds. The Morgan fingerprint density at radius 2 is 2.00 bits per heavy atom. The van der Waals surface area contributed by atoms with Crippen LogP contribution in [-0.4, -0.2) is 21.3 Å². The third-order valence-electron chi connectivity index (χ3n) is 3.22. The van der Waals surface area contributed by atoms with Crippen LogP contribution in [0.15, 0.2) is 18.2 Å². The van der Waals surface area contributed by atoms with E-state index in [1.54, 1.807) is 0 Å². The van der Waals surface area contributed by atoms with Crippen LogP contribution in [-0.2, 0) is 6.54 Å². The topological polar surface area (TPSA) is 42.7 Å². The monoisotopic (exact) mass is 244 g/mol. The van der Waals surface area contributed by atoms with E-state index in [-0.39, 0.29) is 0 Å². The Bertz CT molecular complexity index is 543. The second-order valence-electron chi connectivity index (χ2n) is 4.48. The molecule has 0 atom stereocenters. The SMILES string of the molecule is CCNCc1cccc(-n2nc(C)c(C)c2C)n1. The van der Waals surface area contributed by atoms with Crippen LogP contribution in [0.1, 0.15) is 29.6 Å². The van der Waals surface area contributed by atoms with Gasteiger partial charge in [0.25, 0.3) is 0 Å². The van der Waals surface area contributed by atoms with E-state index >= 15 is 0 Å². The van der Waals surface area contributed by atoms with Crippen molar-refractivity contribution < 1.29 is 0 Å². The first-order valence-corrected chi connectivity index (χ1v) is 6.33. The second kappa shape index (κ2) is 5.31. The lowest BCUT2D eigenvalue weighted by atomic mass is 10.2. The molecule has 0 spiro atoms. The van der Waals surface area contributed by atoms with Gasteiger partial charge in [-0.1, -0.05) is 13.0 Å². The molecule has 0 bridgehead atoms. The standard InChI is InChI=1S/C14H20N4/c1-5-15-9-13-7-6-8-14(16-13)18-12(4)10(2)11(3)17-18/h6-8,15H,5,9H2,1-4H3. The number of nitrogens with zero attached hydrogens (tertiary/aromatic N) is 3. The summed E-state index contributed by atoms with van der Waals surface area (Å²) >= 11 is 0. The average molecular weight is 244 g/mol. The number of rotatable bonds is 4. The molecule has 4 nitrogen and oxygen atoms in total. The predicted molar refractivity (Wildman–Crippen MR) is 73.0 cm³/mol. The highest BCUT2D eigenvalue weighted by molar-refractivity contribution is 5.32. The molecule has 1 N–H and O–H groups in total. The molecular formula is C14H20N4. The van der Waals surface area contributed by atoms with Crippen LogP contribution < -0.4 is 5.32 Å². The fourth-order valence-corrected chi connectivity index (χ4v) is 1.88. The number of pyridine rings is 1. The number of aryl methyl sites for hydroxylation is 1. The van der Waals surface area contributed by atoms with Crippen LogP contribution in [0.3, 0.4) is 0 Å². The molecular weight excluding hydrogens is 224 g/mol. The van der Waals surface area contributed by atoms with Gasteiger partial charge in [-0.2, -0.15) is 5.10 Å². The molecule has 0 fully saturated rings. The lowest BCUT2D eigenvalue weighted by molar-refractivity contribution is 0.702. The Balaban J connectivity index is 2.35. The van der Waals surface area contributed by atoms with E-state index in [2.05, 4.69) is 36.2 Å². The summed E-state index contributed by atoms with van der Waals surface area (Å²) in [6.07, 6.45) is 0. The Kier molecular flexibility index (Phi) is 3.77. The highest BCUT2D eigenvalue weighted by Gasteiger charge is 2.09. The van der Waals surface area contributed by atoms with E-state index in [0.29, 0.717) is 0 Å². The van der Waals surface area contributed by atoms with Gasteiger partial charge in [0, 0.05) is 12.2 Å². The molecule has 18 heavy (non-hydrogen) atoms. The van der Waals surface area contributed by atoms with Crippen molar-refractivity contribution in [1.82, 2.24) is 20.1 Å². The molecule has 0 saturated heterocycles. The van der Waals surface area contributed by atoms with Crippen LogP contribution in [0.4, 0.5) is 0 Å². The molecule has 2 aromatic rings. The molecule has 0 aromatic carbocycles. The third kappa shape index (κ3) is 2.43. The molecule has 0 unspecified atom stereocenters. The van der Waals surface area contributed by atoms with Gasteiger partial charge in [-0.3, -0.25) is 0 Å². The first-order chi connectivity index (χ1) is 8.63. The van der Waals surface area contributed by atoms with Gasteiger partial charge < -0.3 is 5.32 Å². The molecule has 4 heteroatoms. The normalized spacial score (nSPS) is 10.9. The van der Waals surface area contributed by atoms with Crippen molar-refractivity contribution in [1.29, 1.82) is 0 Å². The van der Waals surface area contributed by atoms with Crippen LogP contribution in [0, 0.1) is 20.8 Å². The summed E-state index contributed by atoms with van der Waals surface area (Å²) in [5.41, 5.74) is 4.49. The van der Waals surface area contributed by atoms with Crippen LogP contribution in [0.25, 0.3) is 5.82 Å². The summed E-state index contributed by atoms with van der Waals surface area (Å²) in [6, 6.07) is 6.06. The Morgan fingerprint density at radius 3 is 2.61 bits per heavy atom. The molecule has 0 aliphatic rings. The van der Waals surface area contributed by atoms with Gasteiger partial charge >= 0.3 is 0 Å². The molecule has 96 valence electrons. The second-order valence-corrected chi connectivity index (χ2v) is 4.48. The Morgan fingerprint density at radius 1 is 1.22 bits per heavy atom. The maximum absolute atomic E-state index is 4.63. The van der Waals surface area contributed by atoms with E-state index in [9.17, 15) is 0 Å². The molecule has 2 rings (SSSR count). The minimum atomic E-state index is 0.794. The fourth-order valence-electron chi connectivity index (χ4n) is 1.88. The van der Waals surface area contributed by atoms with Crippen molar-refractivity contribution in [3.05, 3.63) is 40.8 Å². The summed E-state index contributed by atoms with van der Waals surface area (Å²) in [5.74, 6) is 0.888. The molecule has 0 radical (unpaired) electrons. The third-order valence-corrected chi connectivity index (χ3v) is 3.22. The first kappa shape index (κ1) is 12.8. The summed E-state index contributed by atoms with van der Waals surface area (Å²) in [7, 11) is 0. The van der Waals surface area contributed by atoms with Gasteiger partial charge in [0.1, 0.15) is 0 Å². The van der Waals surface area contributed by atoms with Gasteiger partial charge in [0.2, 0.25) is 0 Å². The van der Waals surface area contributed by atoms with E-state index in [4.69, 9.17) is 0 Å². The summed E-state index contributed by atoms with van der Waals surface area (Å²) in [4.78, 5) is 4.63. The molecule has 0 aliphatic heterocycles. The minimum absolute atomic E-state index is 0.794.